The highest BCUT2D eigenvalue weighted by Gasteiger charge is 2.34. The molecule has 1 aliphatic rings. The molecule has 4 rings (SSSR count). The Bertz CT molecular complexity index is 1310. The number of fused-ring (bicyclic) bond motifs is 1. The van der Waals surface area contributed by atoms with E-state index in [9.17, 15) is 4.79 Å². The SMILES string of the molecule is CCN=c1scc(-c2cc(OC)c(OC)c(OC)c2)n1N=C1C(=O)N(CC(C)C)c2ccccc21. The van der Waals surface area contributed by atoms with Crippen molar-refractivity contribution in [2.24, 2.45) is 16.0 Å². The average Bonchev–Trinajstić information content (AvgIpc) is 3.37. The number of anilines is 1. The largest absolute Gasteiger partial charge is 0.493 e. The summed E-state index contributed by atoms with van der Waals surface area (Å²) in [5, 5.41) is 6.86. The van der Waals surface area contributed by atoms with Gasteiger partial charge in [-0.15, -0.1) is 11.3 Å². The van der Waals surface area contributed by atoms with Gasteiger partial charge in [-0.05, 0) is 31.0 Å². The third kappa shape index (κ3) is 4.55. The molecule has 1 amide bonds. The number of aromatic nitrogens is 1. The molecule has 35 heavy (non-hydrogen) atoms. The monoisotopic (exact) mass is 494 g/mol. The Kier molecular flexibility index (Phi) is 7.25. The fourth-order valence-corrected chi connectivity index (χ4v) is 4.97. The summed E-state index contributed by atoms with van der Waals surface area (Å²) in [4.78, 5) is 20.6. The zero-order valence-electron chi connectivity index (χ0n) is 20.9. The molecular formula is C26H30N4O4S. The van der Waals surface area contributed by atoms with Crippen LogP contribution in [0, 0.1) is 5.92 Å². The first-order valence-corrected chi connectivity index (χ1v) is 12.3. The quantitative estimate of drug-likeness (QED) is 0.465. The van der Waals surface area contributed by atoms with Crippen molar-refractivity contribution in [1.29, 1.82) is 0 Å². The molecule has 0 atom stereocenters. The Morgan fingerprint density at radius 3 is 2.31 bits per heavy atom. The molecule has 2 aromatic carbocycles. The summed E-state index contributed by atoms with van der Waals surface area (Å²) < 4.78 is 18.3. The lowest BCUT2D eigenvalue weighted by Crippen LogP contribution is -2.33. The second-order valence-electron chi connectivity index (χ2n) is 8.38. The van der Waals surface area contributed by atoms with Crippen LogP contribution in [0.3, 0.4) is 0 Å². The minimum Gasteiger partial charge on any atom is -0.493 e. The van der Waals surface area contributed by atoms with Crippen molar-refractivity contribution in [3.05, 3.63) is 52.1 Å². The number of amides is 1. The van der Waals surface area contributed by atoms with Gasteiger partial charge in [0.15, 0.2) is 17.2 Å². The number of nitrogens with zero attached hydrogens (tertiary/aromatic N) is 4. The number of benzene rings is 2. The van der Waals surface area contributed by atoms with Crippen molar-refractivity contribution in [2.75, 3.05) is 39.3 Å². The minimum atomic E-state index is -0.114. The van der Waals surface area contributed by atoms with E-state index >= 15 is 0 Å². The number of para-hydroxylation sites is 1. The van der Waals surface area contributed by atoms with Crippen LogP contribution in [0.15, 0.2) is 51.9 Å². The molecular weight excluding hydrogens is 464 g/mol. The van der Waals surface area contributed by atoms with Crippen LogP contribution >= 0.6 is 11.3 Å². The molecule has 8 nitrogen and oxygen atoms in total. The summed E-state index contributed by atoms with van der Waals surface area (Å²) >= 11 is 1.46. The molecule has 0 unspecified atom stereocenters. The number of methoxy groups -OCH3 is 3. The second-order valence-corrected chi connectivity index (χ2v) is 9.22. The Labute approximate surface area is 209 Å². The molecule has 1 aliphatic heterocycles. The number of rotatable bonds is 8. The minimum absolute atomic E-state index is 0.114. The first-order chi connectivity index (χ1) is 16.9. The molecule has 1 aromatic heterocycles. The number of ether oxygens (including phenoxy) is 3. The molecule has 3 aromatic rings. The van der Waals surface area contributed by atoms with Gasteiger partial charge in [0.25, 0.3) is 5.91 Å². The lowest BCUT2D eigenvalue weighted by molar-refractivity contribution is -0.112. The summed E-state index contributed by atoms with van der Waals surface area (Å²) in [5.41, 5.74) is 3.65. The molecule has 0 fully saturated rings. The van der Waals surface area contributed by atoms with Gasteiger partial charge in [-0.2, -0.15) is 5.10 Å². The molecule has 0 saturated heterocycles. The Balaban J connectivity index is 1.93. The van der Waals surface area contributed by atoms with Crippen LogP contribution in [0.4, 0.5) is 5.69 Å². The first-order valence-electron chi connectivity index (χ1n) is 11.4. The van der Waals surface area contributed by atoms with E-state index in [4.69, 9.17) is 19.3 Å². The van der Waals surface area contributed by atoms with Crippen LogP contribution in [0.25, 0.3) is 11.3 Å². The molecule has 0 N–H and O–H groups in total. The standard InChI is InChI=1S/C26H30N4O4S/c1-7-27-26-30(20(15-35-26)17-12-21(32-4)24(34-6)22(13-17)33-5)28-23-18-10-8-9-11-19(18)29(25(23)31)14-16(2)3/h8-13,15-16H,7,14H2,1-6H3. The van der Waals surface area contributed by atoms with E-state index in [1.165, 1.54) is 11.3 Å². The number of thiazole rings is 1. The van der Waals surface area contributed by atoms with Gasteiger partial charge in [0.1, 0.15) is 0 Å². The highest BCUT2D eigenvalue weighted by Crippen LogP contribution is 2.41. The summed E-state index contributed by atoms with van der Waals surface area (Å²) in [6, 6.07) is 11.5. The molecule has 184 valence electrons. The summed E-state index contributed by atoms with van der Waals surface area (Å²) in [6.07, 6.45) is 0. The number of carbonyl (C=O) groups excluding carboxylic acids is 1. The number of carbonyl (C=O) groups is 1. The molecule has 2 heterocycles. The van der Waals surface area contributed by atoms with Crippen molar-refractivity contribution in [1.82, 2.24) is 4.68 Å². The normalized spacial score (nSPS) is 14.7. The van der Waals surface area contributed by atoms with Gasteiger partial charge in [-0.3, -0.25) is 9.79 Å². The van der Waals surface area contributed by atoms with Crippen LogP contribution in [0.1, 0.15) is 26.3 Å². The van der Waals surface area contributed by atoms with E-state index in [1.807, 2.05) is 53.6 Å². The fourth-order valence-electron chi connectivity index (χ4n) is 4.07. The molecule has 0 radical (unpaired) electrons. The number of hydrogen-bond donors (Lipinski definition) is 0. The predicted molar refractivity (Wildman–Crippen MR) is 139 cm³/mol. The van der Waals surface area contributed by atoms with E-state index in [0.29, 0.717) is 46.8 Å². The lowest BCUT2D eigenvalue weighted by atomic mass is 10.1. The molecule has 0 bridgehead atoms. The summed E-state index contributed by atoms with van der Waals surface area (Å²) in [6.45, 7) is 7.37. The fraction of sp³-hybridized carbons (Fsp3) is 0.346. The molecule has 0 saturated carbocycles. The second kappa shape index (κ2) is 10.4. The third-order valence-corrected chi connectivity index (χ3v) is 6.44. The van der Waals surface area contributed by atoms with Gasteiger partial charge < -0.3 is 19.1 Å². The van der Waals surface area contributed by atoms with E-state index in [0.717, 1.165) is 22.5 Å². The van der Waals surface area contributed by atoms with Gasteiger partial charge in [0.2, 0.25) is 10.6 Å². The van der Waals surface area contributed by atoms with Gasteiger partial charge in [0, 0.05) is 29.6 Å². The van der Waals surface area contributed by atoms with Gasteiger partial charge in [-0.25, -0.2) is 4.68 Å². The van der Waals surface area contributed by atoms with Gasteiger partial charge in [-0.1, -0.05) is 32.0 Å². The van der Waals surface area contributed by atoms with Crippen LogP contribution in [0.5, 0.6) is 17.2 Å². The van der Waals surface area contributed by atoms with Crippen molar-refractivity contribution in [3.63, 3.8) is 0 Å². The van der Waals surface area contributed by atoms with E-state index in [2.05, 4.69) is 18.8 Å². The smallest absolute Gasteiger partial charge is 0.279 e. The molecule has 0 spiro atoms. The highest BCUT2D eigenvalue weighted by atomic mass is 32.1. The van der Waals surface area contributed by atoms with E-state index in [-0.39, 0.29) is 5.91 Å². The highest BCUT2D eigenvalue weighted by molar-refractivity contribution is 7.07. The number of hydrogen-bond acceptors (Lipinski definition) is 7. The van der Waals surface area contributed by atoms with Crippen molar-refractivity contribution in [2.45, 2.75) is 20.8 Å². The maximum atomic E-state index is 13.5. The zero-order chi connectivity index (χ0) is 25.1. The Morgan fingerprint density at radius 1 is 1.03 bits per heavy atom. The van der Waals surface area contributed by atoms with Crippen molar-refractivity contribution >= 4 is 28.6 Å². The maximum absolute atomic E-state index is 13.5. The van der Waals surface area contributed by atoms with Crippen LogP contribution in [-0.4, -0.2) is 50.7 Å². The van der Waals surface area contributed by atoms with Crippen molar-refractivity contribution < 1.29 is 19.0 Å². The first kappa shape index (κ1) is 24.5. The Morgan fingerprint density at radius 2 is 1.71 bits per heavy atom. The van der Waals surface area contributed by atoms with Crippen LogP contribution in [-0.2, 0) is 4.79 Å². The van der Waals surface area contributed by atoms with Crippen LogP contribution in [0.2, 0.25) is 0 Å². The summed E-state index contributed by atoms with van der Waals surface area (Å²) in [5.74, 6) is 1.78. The molecule has 9 heteroatoms. The average molecular weight is 495 g/mol. The van der Waals surface area contributed by atoms with E-state index in [1.54, 1.807) is 26.0 Å². The van der Waals surface area contributed by atoms with Gasteiger partial charge in [0.05, 0.1) is 32.7 Å². The van der Waals surface area contributed by atoms with Crippen molar-refractivity contribution in [3.8, 4) is 28.5 Å². The van der Waals surface area contributed by atoms with Gasteiger partial charge >= 0.3 is 0 Å². The van der Waals surface area contributed by atoms with Crippen LogP contribution < -0.4 is 23.9 Å². The predicted octanol–water partition coefficient (Wildman–Crippen LogP) is 4.42. The summed E-state index contributed by atoms with van der Waals surface area (Å²) in [7, 11) is 4.73. The topological polar surface area (TPSA) is 77.6 Å². The Hall–Kier alpha value is -3.59. The lowest BCUT2D eigenvalue weighted by Gasteiger charge is -2.18. The maximum Gasteiger partial charge on any atom is 0.279 e. The zero-order valence-corrected chi connectivity index (χ0v) is 21.7. The third-order valence-electron chi connectivity index (χ3n) is 5.58. The van der Waals surface area contributed by atoms with E-state index < -0.39 is 0 Å². The molecule has 0 aliphatic carbocycles.